The van der Waals surface area contributed by atoms with E-state index >= 15 is 0 Å². The van der Waals surface area contributed by atoms with Crippen molar-refractivity contribution < 1.29 is 14.0 Å². The molecule has 0 spiro atoms. The van der Waals surface area contributed by atoms with Gasteiger partial charge in [-0.15, -0.1) is 0 Å². The molecule has 1 aromatic heterocycles. The van der Waals surface area contributed by atoms with E-state index in [2.05, 4.69) is 15.6 Å². The lowest BCUT2D eigenvalue weighted by atomic mass is 10.1. The van der Waals surface area contributed by atoms with E-state index in [1.807, 2.05) is 6.07 Å². The number of hydrogen-bond acceptors (Lipinski definition) is 4. The van der Waals surface area contributed by atoms with Gasteiger partial charge in [0.05, 0.1) is 17.4 Å². The van der Waals surface area contributed by atoms with Crippen molar-refractivity contribution in [1.29, 1.82) is 0 Å². The van der Waals surface area contributed by atoms with Gasteiger partial charge < -0.3 is 10.6 Å². The summed E-state index contributed by atoms with van der Waals surface area (Å²) >= 11 is 0. The lowest BCUT2D eigenvalue weighted by Crippen LogP contribution is -2.23. The van der Waals surface area contributed by atoms with E-state index in [-0.39, 0.29) is 24.1 Å². The highest BCUT2D eigenvalue weighted by Crippen LogP contribution is 2.18. The van der Waals surface area contributed by atoms with Crippen LogP contribution in [-0.2, 0) is 6.54 Å². The maximum absolute atomic E-state index is 12.9. The Hall–Kier alpha value is -3.54. The highest BCUT2D eigenvalue weighted by Gasteiger charge is 2.08. The summed E-state index contributed by atoms with van der Waals surface area (Å²) in [6.07, 6.45) is 3.06. The van der Waals surface area contributed by atoms with E-state index in [4.69, 9.17) is 0 Å². The minimum absolute atomic E-state index is 0.0225. The number of anilines is 2. The molecule has 0 aliphatic rings. The number of halogens is 1. The molecule has 6 heteroatoms. The SMILES string of the molecule is CC(=O)c1cccc(Nc2cncc(C(=O)NCc3ccc(F)cc3)c2)c1. The summed E-state index contributed by atoms with van der Waals surface area (Å²) in [4.78, 5) is 27.9. The fourth-order valence-electron chi connectivity index (χ4n) is 2.50. The third kappa shape index (κ3) is 4.98. The number of rotatable bonds is 6. The van der Waals surface area contributed by atoms with Crippen LogP contribution in [0.25, 0.3) is 0 Å². The number of nitrogens with zero attached hydrogens (tertiary/aromatic N) is 1. The molecule has 0 aliphatic heterocycles. The highest BCUT2D eigenvalue weighted by molar-refractivity contribution is 5.96. The summed E-state index contributed by atoms with van der Waals surface area (Å²) in [5, 5.41) is 5.91. The van der Waals surface area contributed by atoms with Crippen LogP contribution in [-0.4, -0.2) is 16.7 Å². The monoisotopic (exact) mass is 363 g/mol. The molecule has 3 aromatic rings. The molecule has 136 valence electrons. The van der Waals surface area contributed by atoms with E-state index in [0.29, 0.717) is 16.8 Å². The zero-order valence-electron chi connectivity index (χ0n) is 14.7. The van der Waals surface area contributed by atoms with Crippen LogP contribution >= 0.6 is 0 Å². The van der Waals surface area contributed by atoms with Gasteiger partial charge in [0, 0.05) is 24.0 Å². The summed E-state index contributed by atoms with van der Waals surface area (Å²) in [7, 11) is 0. The lowest BCUT2D eigenvalue weighted by Gasteiger charge is -2.09. The standard InChI is InChI=1S/C21H18FN3O2/c1-14(26)16-3-2-4-19(9-16)25-20-10-17(12-23-13-20)21(27)24-11-15-5-7-18(22)8-6-15/h2-10,12-13,25H,11H2,1H3,(H,24,27). The number of carbonyl (C=O) groups is 2. The fraction of sp³-hybridized carbons (Fsp3) is 0.0952. The van der Waals surface area contributed by atoms with Crippen LogP contribution in [0.1, 0.15) is 33.2 Å². The zero-order chi connectivity index (χ0) is 19.2. The predicted octanol–water partition coefficient (Wildman–Crippen LogP) is 4.10. The van der Waals surface area contributed by atoms with Gasteiger partial charge in [-0.05, 0) is 42.8 Å². The summed E-state index contributed by atoms with van der Waals surface area (Å²) in [6, 6.07) is 14.7. The number of ketones is 1. The van der Waals surface area contributed by atoms with E-state index in [1.165, 1.54) is 25.3 Å². The molecular formula is C21H18FN3O2. The van der Waals surface area contributed by atoms with Crippen LogP contribution in [0, 0.1) is 5.82 Å². The fourth-order valence-corrected chi connectivity index (χ4v) is 2.50. The molecule has 5 nitrogen and oxygen atoms in total. The van der Waals surface area contributed by atoms with Crippen LogP contribution in [0.3, 0.4) is 0 Å². The van der Waals surface area contributed by atoms with Crippen molar-refractivity contribution in [2.24, 2.45) is 0 Å². The molecule has 0 fully saturated rings. The molecule has 1 heterocycles. The zero-order valence-corrected chi connectivity index (χ0v) is 14.7. The summed E-state index contributed by atoms with van der Waals surface area (Å²) in [5.74, 6) is -0.624. The first-order valence-electron chi connectivity index (χ1n) is 8.37. The Labute approximate surface area is 156 Å². The summed E-state index contributed by atoms with van der Waals surface area (Å²) < 4.78 is 12.9. The average Bonchev–Trinajstić information content (AvgIpc) is 2.67. The van der Waals surface area contributed by atoms with Gasteiger partial charge >= 0.3 is 0 Å². The Morgan fingerprint density at radius 3 is 2.44 bits per heavy atom. The van der Waals surface area contributed by atoms with Crippen molar-refractivity contribution >= 4 is 23.1 Å². The van der Waals surface area contributed by atoms with E-state index in [0.717, 1.165) is 11.3 Å². The van der Waals surface area contributed by atoms with Gasteiger partial charge in [0.2, 0.25) is 0 Å². The molecule has 0 saturated heterocycles. The van der Waals surface area contributed by atoms with Crippen LogP contribution in [0.2, 0.25) is 0 Å². The van der Waals surface area contributed by atoms with Crippen molar-refractivity contribution in [3.05, 3.63) is 89.5 Å². The van der Waals surface area contributed by atoms with Crippen LogP contribution in [0.15, 0.2) is 67.0 Å². The molecule has 0 unspecified atom stereocenters. The number of aromatic nitrogens is 1. The van der Waals surface area contributed by atoms with Crippen molar-refractivity contribution in [3.8, 4) is 0 Å². The second-order valence-corrected chi connectivity index (χ2v) is 6.03. The van der Waals surface area contributed by atoms with Gasteiger partial charge in [0.15, 0.2) is 5.78 Å². The van der Waals surface area contributed by atoms with E-state index < -0.39 is 0 Å². The topological polar surface area (TPSA) is 71.1 Å². The van der Waals surface area contributed by atoms with Crippen LogP contribution < -0.4 is 10.6 Å². The number of Topliss-reactive ketones (excluding diaryl/α,β-unsaturated/α-hetero) is 1. The second-order valence-electron chi connectivity index (χ2n) is 6.03. The Bertz CT molecular complexity index is 971. The van der Waals surface area contributed by atoms with Crippen LogP contribution in [0.4, 0.5) is 15.8 Å². The first-order chi connectivity index (χ1) is 13.0. The number of amides is 1. The molecule has 0 aliphatic carbocycles. The van der Waals surface area contributed by atoms with Gasteiger partial charge in [-0.2, -0.15) is 0 Å². The first-order valence-corrected chi connectivity index (χ1v) is 8.37. The predicted molar refractivity (Wildman–Crippen MR) is 102 cm³/mol. The van der Waals surface area contributed by atoms with Gasteiger partial charge in [-0.1, -0.05) is 24.3 Å². The van der Waals surface area contributed by atoms with E-state index in [9.17, 15) is 14.0 Å². The molecule has 0 atom stereocenters. The Morgan fingerprint density at radius 1 is 0.963 bits per heavy atom. The largest absolute Gasteiger partial charge is 0.354 e. The van der Waals surface area contributed by atoms with E-state index in [1.54, 1.807) is 42.6 Å². The average molecular weight is 363 g/mol. The van der Waals surface area contributed by atoms with Gasteiger partial charge in [-0.3, -0.25) is 14.6 Å². The number of hydrogen-bond donors (Lipinski definition) is 2. The molecule has 2 N–H and O–H groups in total. The van der Waals surface area contributed by atoms with Crippen molar-refractivity contribution in [3.63, 3.8) is 0 Å². The summed E-state index contributed by atoms with van der Waals surface area (Å²) in [5.41, 5.74) is 3.15. The minimum Gasteiger partial charge on any atom is -0.354 e. The summed E-state index contributed by atoms with van der Waals surface area (Å²) in [6.45, 7) is 1.80. The maximum atomic E-state index is 12.9. The van der Waals surface area contributed by atoms with Gasteiger partial charge in [0.25, 0.3) is 5.91 Å². The number of pyridine rings is 1. The van der Waals surface area contributed by atoms with Crippen molar-refractivity contribution in [1.82, 2.24) is 10.3 Å². The van der Waals surface area contributed by atoms with Crippen molar-refractivity contribution in [2.45, 2.75) is 13.5 Å². The molecule has 3 rings (SSSR count). The highest BCUT2D eigenvalue weighted by atomic mass is 19.1. The Balaban J connectivity index is 1.67. The smallest absolute Gasteiger partial charge is 0.253 e. The third-order valence-corrected chi connectivity index (χ3v) is 3.92. The second kappa shape index (κ2) is 8.23. The molecule has 1 amide bonds. The van der Waals surface area contributed by atoms with Crippen molar-refractivity contribution in [2.75, 3.05) is 5.32 Å². The quantitative estimate of drug-likeness (QED) is 0.647. The molecule has 0 saturated carbocycles. The number of carbonyl (C=O) groups excluding carboxylic acids is 2. The van der Waals surface area contributed by atoms with Gasteiger partial charge in [0.1, 0.15) is 5.82 Å². The van der Waals surface area contributed by atoms with Crippen LogP contribution in [0.5, 0.6) is 0 Å². The molecular weight excluding hydrogens is 345 g/mol. The molecule has 27 heavy (non-hydrogen) atoms. The minimum atomic E-state index is -0.318. The normalized spacial score (nSPS) is 10.3. The Kier molecular flexibility index (Phi) is 5.56. The Morgan fingerprint density at radius 2 is 1.70 bits per heavy atom. The van der Waals surface area contributed by atoms with Gasteiger partial charge in [-0.25, -0.2) is 4.39 Å². The molecule has 0 radical (unpaired) electrons. The number of nitrogens with one attached hydrogen (secondary N) is 2. The third-order valence-electron chi connectivity index (χ3n) is 3.92. The number of benzene rings is 2. The molecule has 2 aromatic carbocycles. The first kappa shape index (κ1) is 18.3. The lowest BCUT2D eigenvalue weighted by molar-refractivity contribution is 0.0949. The molecule has 0 bridgehead atoms. The maximum Gasteiger partial charge on any atom is 0.253 e.